The van der Waals surface area contributed by atoms with Crippen molar-refractivity contribution in [3.8, 4) is 0 Å². The zero-order chi connectivity index (χ0) is 10.1. The summed E-state index contributed by atoms with van der Waals surface area (Å²) in [7, 11) is 0. The fourth-order valence-corrected chi connectivity index (χ4v) is 1.80. The minimum Gasteiger partial charge on any atom is -0.295 e. The van der Waals surface area contributed by atoms with Crippen LogP contribution in [-0.4, -0.2) is 30.7 Å². The van der Waals surface area contributed by atoms with Crippen LogP contribution < -0.4 is 0 Å². The molecule has 0 aromatic rings. The summed E-state index contributed by atoms with van der Waals surface area (Å²) in [4.78, 5) is 1.50. The van der Waals surface area contributed by atoms with Crippen LogP contribution in [-0.2, 0) is 0 Å². The first-order chi connectivity index (χ1) is 5.88. The molecule has 0 aromatic heterocycles. The molecule has 0 aliphatic carbocycles. The molecule has 1 aliphatic rings. The van der Waals surface area contributed by atoms with Gasteiger partial charge in [-0.3, -0.25) is 4.90 Å². The molecular formula is C9H16F3N. The molecule has 0 bridgehead atoms. The molecule has 1 heterocycles. The first kappa shape index (κ1) is 10.8. The van der Waals surface area contributed by atoms with Crippen molar-refractivity contribution in [3.63, 3.8) is 0 Å². The summed E-state index contributed by atoms with van der Waals surface area (Å²) in [6.07, 6.45) is -3.13. The topological polar surface area (TPSA) is 3.24 Å². The van der Waals surface area contributed by atoms with Gasteiger partial charge in [0.25, 0.3) is 0 Å². The van der Waals surface area contributed by atoms with Gasteiger partial charge in [-0.05, 0) is 24.8 Å². The number of likely N-dealkylation sites (tertiary alicyclic amines) is 1. The Hall–Kier alpha value is -0.250. The van der Waals surface area contributed by atoms with Crippen molar-refractivity contribution in [2.75, 3.05) is 19.6 Å². The van der Waals surface area contributed by atoms with Gasteiger partial charge < -0.3 is 0 Å². The molecule has 0 radical (unpaired) electrons. The second kappa shape index (κ2) is 3.86. The fourth-order valence-electron chi connectivity index (χ4n) is 1.80. The quantitative estimate of drug-likeness (QED) is 0.654. The summed E-state index contributed by atoms with van der Waals surface area (Å²) in [5.74, 6) is 0.945. The highest BCUT2D eigenvalue weighted by molar-refractivity contribution is 4.78. The van der Waals surface area contributed by atoms with E-state index in [0.29, 0.717) is 24.9 Å². The SMILES string of the molecule is CC(C)[C@@H]1CCN(CC(F)(F)F)C1. The van der Waals surface area contributed by atoms with Crippen molar-refractivity contribution in [1.82, 2.24) is 4.90 Å². The largest absolute Gasteiger partial charge is 0.401 e. The van der Waals surface area contributed by atoms with Gasteiger partial charge in [-0.25, -0.2) is 0 Å². The number of alkyl halides is 3. The summed E-state index contributed by atoms with van der Waals surface area (Å²) >= 11 is 0. The van der Waals surface area contributed by atoms with Crippen LogP contribution in [0.5, 0.6) is 0 Å². The van der Waals surface area contributed by atoms with Crippen LogP contribution in [0, 0.1) is 11.8 Å². The van der Waals surface area contributed by atoms with Crippen LogP contribution in [0.4, 0.5) is 13.2 Å². The second-order valence-electron chi connectivity index (χ2n) is 4.14. The summed E-state index contributed by atoms with van der Waals surface area (Å²) in [5.41, 5.74) is 0. The average Bonchev–Trinajstić information content (AvgIpc) is 2.31. The minimum absolute atomic E-state index is 0.447. The maximum Gasteiger partial charge on any atom is 0.401 e. The Morgan fingerprint density at radius 3 is 2.38 bits per heavy atom. The molecule has 1 atom stereocenters. The molecule has 78 valence electrons. The molecule has 0 N–H and O–H groups in total. The van der Waals surface area contributed by atoms with Gasteiger partial charge in [0.05, 0.1) is 6.54 Å². The lowest BCUT2D eigenvalue weighted by Crippen LogP contribution is -2.32. The minimum atomic E-state index is -4.04. The van der Waals surface area contributed by atoms with Gasteiger partial charge in [-0.1, -0.05) is 13.8 Å². The molecule has 1 aliphatic heterocycles. The first-order valence-corrected chi connectivity index (χ1v) is 4.67. The summed E-state index contributed by atoms with van der Waals surface area (Å²) in [6.45, 7) is 4.61. The van der Waals surface area contributed by atoms with Crippen LogP contribution in [0.1, 0.15) is 20.3 Å². The van der Waals surface area contributed by atoms with E-state index >= 15 is 0 Å². The van der Waals surface area contributed by atoms with E-state index in [4.69, 9.17) is 0 Å². The molecule has 0 aromatic carbocycles. The third kappa shape index (κ3) is 3.55. The maximum atomic E-state index is 12.0. The van der Waals surface area contributed by atoms with Crippen molar-refractivity contribution in [3.05, 3.63) is 0 Å². The van der Waals surface area contributed by atoms with E-state index in [0.717, 1.165) is 6.42 Å². The van der Waals surface area contributed by atoms with Crippen LogP contribution in [0.3, 0.4) is 0 Å². The zero-order valence-corrected chi connectivity index (χ0v) is 8.06. The molecule has 1 nitrogen and oxygen atoms in total. The van der Waals surface area contributed by atoms with Gasteiger partial charge in [0.2, 0.25) is 0 Å². The smallest absolute Gasteiger partial charge is 0.295 e. The standard InChI is InChI=1S/C9H16F3N/c1-7(2)8-3-4-13(5-8)6-9(10,11)12/h7-8H,3-6H2,1-2H3/t8-/m1/s1. The predicted octanol–water partition coefficient (Wildman–Crippen LogP) is 2.53. The third-order valence-corrected chi connectivity index (χ3v) is 2.65. The lowest BCUT2D eigenvalue weighted by Gasteiger charge is -2.18. The van der Waals surface area contributed by atoms with Crippen molar-refractivity contribution in [2.24, 2.45) is 11.8 Å². The molecule has 0 amide bonds. The van der Waals surface area contributed by atoms with E-state index in [9.17, 15) is 13.2 Å². The van der Waals surface area contributed by atoms with Crippen LogP contribution in [0.2, 0.25) is 0 Å². The van der Waals surface area contributed by atoms with E-state index in [1.165, 1.54) is 4.90 Å². The summed E-state index contributed by atoms with van der Waals surface area (Å²) < 4.78 is 36.0. The van der Waals surface area contributed by atoms with Crippen LogP contribution >= 0.6 is 0 Å². The van der Waals surface area contributed by atoms with E-state index in [1.807, 2.05) is 0 Å². The Kier molecular flexibility index (Phi) is 3.22. The molecule has 0 unspecified atom stereocenters. The highest BCUT2D eigenvalue weighted by Gasteiger charge is 2.34. The van der Waals surface area contributed by atoms with Gasteiger partial charge in [0, 0.05) is 6.54 Å². The normalized spacial score (nSPS) is 25.8. The first-order valence-electron chi connectivity index (χ1n) is 4.67. The number of hydrogen-bond donors (Lipinski definition) is 0. The predicted molar refractivity (Wildman–Crippen MR) is 45.4 cm³/mol. The molecule has 4 heteroatoms. The van der Waals surface area contributed by atoms with Crippen molar-refractivity contribution in [1.29, 1.82) is 0 Å². The molecule has 1 saturated heterocycles. The molecule has 1 fully saturated rings. The number of nitrogens with zero attached hydrogens (tertiary/aromatic N) is 1. The highest BCUT2D eigenvalue weighted by atomic mass is 19.4. The lowest BCUT2D eigenvalue weighted by molar-refractivity contribution is -0.143. The van der Waals surface area contributed by atoms with Crippen molar-refractivity contribution in [2.45, 2.75) is 26.4 Å². The van der Waals surface area contributed by atoms with E-state index in [1.54, 1.807) is 0 Å². The van der Waals surface area contributed by atoms with Gasteiger partial charge in [-0.15, -0.1) is 0 Å². The Bertz CT molecular complexity index is 165. The average molecular weight is 195 g/mol. The maximum absolute atomic E-state index is 12.0. The molecule has 0 spiro atoms. The van der Waals surface area contributed by atoms with Crippen molar-refractivity contribution >= 4 is 0 Å². The third-order valence-electron chi connectivity index (χ3n) is 2.65. The van der Waals surface area contributed by atoms with Crippen molar-refractivity contribution < 1.29 is 13.2 Å². The Morgan fingerprint density at radius 1 is 1.38 bits per heavy atom. The Balaban J connectivity index is 2.33. The van der Waals surface area contributed by atoms with Gasteiger partial charge in [0.15, 0.2) is 0 Å². The Labute approximate surface area is 76.9 Å². The summed E-state index contributed by atoms with van der Waals surface area (Å²) in [6, 6.07) is 0. The Morgan fingerprint density at radius 2 is 2.00 bits per heavy atom. The summed E-state index contributed by atoms with van der Waals surface area (Å²) in [5, 5.41) is 0. The van der Waals surface area contributed by atoms with Gasteiger partial charge in [-0.2, -0.15) is 13.2 Å². The van der Waals surface area contributed by atoms with Crippen LogP contribution in [0.25, 0.3) is 0 Å². The fraction of sp³-hybridized carbons (Fsp3) is 1.00. The number of halogens is 3. The molecule has 0 saturated carbocycles. The molecule has 1 rings (SSSR count). The number of rotatable bonds is 2. The monoisotopic (exact) mass is 195 g/mol. The number of hydrogen-bond acceptors (Lipinski definition) is 1. The van der Waals surface area contributed by atoms with E-state index in [2.05, 4.69) is 13.8 Å². The van der Waals surface area contributed by atoms with E-state index < -0.39 is 12.7 Å². The molecule has 13 heavy (non-hydrogen) atoms. The van der Waals surface area contributed by atoms with Gasteiger partial charge in [0.1, 0.15) is 0 Å². The molecular weight excluding hydrogens is 179 g/mol. The van der Waals surface area contributed by atoms with Gasteiger partial charge >= 0.3 is 6.18 Å². The zero-order valence-electron chi connectivity index (χ0n) is 8.06. The van der Waals surface area contributed by atoms with E-state index in [-0.39, 0.29) is 0 Å². The lowest BCUT2D eigenvalue weighted by atomic mass is 9.95. The van der Waals surface area contributed by atoms with Crippen LogP contribution in [0.15, 0.2) is 0 Å². The second-order valence-corrected chi connectivity index (χ2v) is 4.14. The highest BCUT2D eigenvalue weighted by Crippen LogP contribution is 2.26.